The van der Waals surface area contributed by atoms with Crippen molar-refractivity contribution in [1.82, 2.24) is 10.2 Å². The van der Waals surface area contributed by atoms with Crippen LogP contribution in [-0.2, 0) is 9.59 Å². The molecule has 7 heteroatoms. The normalized spacial score (nSPS) is 12.4. The summed E-state index contributed by atoms with van der Waals surface area (Å²) in [5.74, 6) is 0.624. The van der Waals surface area contributed by atoms with E-state index in [1.807, 2.05) is 27.8 Å². The molecule has 1 rings (SSSR count). The number of ether oxygens (including phenoxy) is 1. The van der Waals surface area contributed by atoms with Crippen LogP contribution in [-0.4, -0.2) is 62.6 Å². The Labute approximate surface area is 155 Å². The van der Waals surface area contributed by atoms with E-state index in [4.69, 9.17) is 16.3 Å². The molecular weight excluding hydrogens is 342 g/mol. The Kier molecular flexibility index (Phi) is 8.19. The molecule has 6 nitrogen and oxygen atoms in total. The topological polar surface area (TPSA) is 63.1 Å². The summed E-state index contributed by atoms with van der Waals surface area (Å²) in [5.41, 5.74) is -0.267. The van der Waals surface area contributed by atoms with Crippen LogP contribution in [0, 0.1) is 0 Å². The molecule has 0 fully saturated rings. The number of hydrogen-bond acceptors (Lipinski definition) is 3. The summed E-state index contributed by atoms with van der Waals surface area (Å²) in [6, 6.07) is 7.09. The van der Waals surface area contributed by atoms with Gasteiger partial charge in [-0.3, -0.25) is 9.59 Å². The van der Waals surface area contributed by atoms with Gasteiger partial charge in [0.25, 0.3) is 11.8 Å². The number of nitrogens with zero attached hydrogens (tertiary/aromatic N) is 1. The molecule has 0 heterocycles. The van der Waals surface area contributed by atoms with Crippen LogP contribution in [0.3, 0.4) is 0 Å². The predicted molar refractivity (Wildman–Crippen MR) is 99.1 cm³/mol. The van der Waals surface area contributed by atoms with Crippen molar-refractivity contribution >= 4 is 23.4 Å². The maximum atomic E-state index is 12.2. The van der Waals surface area contributed by atoms with Gasteiger partial charge in [-0.25, -0.2) is 0 Å². The van der Waals surface area contributed by atoms with Crippen molar-refractivity contribution in [1.29, 1.82) is 0 Å². The van der Waals surface area contributed by atoms with Crippen LogP contribution in [0.2, 0.25) is 5.02 Å². The van der Waals surface area contributed by atoms with Gasteiger partial charge in [0.2, 0.25) is 0 Å². The first-order valence-corrected chi connectivity index (χ1v) is 8.69. The Morgan fingerprint density at radius 2 is 1.80 bits per heavy atom. The third kappa shape index (κ3) is 9.31. The Bertz CT molecular complexity index is 570. The van der Waals surface area contributed by atoms with Gasteiger partial charge in [0.1, 0.15) is 12.4 Å². The zero-order valence-corrected chi connectivity index (χ0v) is 16.4. The van der Waals surface area contributed by atoms with Gasteiger partial charge in [-0.2, -0.15) is 0 Å². The van der Waals surface area contributed by atoms with Crippen molar-refractivity contribution in [3.05, 3.63) is 29.3 Å². The number of nitrogens with one attached hydrogen (secondary N) is 2. The lowest BCUT2D eigenvalue weighted by molar-refractivity contribution is -0.863. The van der Waals surface area contributed by atoms with Crippen LogP contribution in [0.4, 0.5) is 0 Å². The van der Waals surface area contributed by atoms with Gasteiger partial charge >= 0.3 is 0 Å². The van der Waals surface area contributed by atoms with Gasteiger partial charge in [0.15, 0.2) is 13.1 Å². The van der Waals surface area contributed by atoms with E-state index in [2.05, 4.69) is 5.32 Å². The van der Waals surface area contributed by atoms with Crippen molar-refractivity contribution in [3.8, 4) is 5.75 Å². The van der Waals surface area contributed by atoms with E-state index >= 15 is 0 Å². The fraction of sp³-hybridized carbons (Fsp3) is 0.556. The third-order valence-corrected chi connectivity index (χ3v) is 3.62. The van der Waals surface area contributed by atoms with Crippen LogP contribution in [0.25, 0.3) is 0 Å². The second-order valence-corrected chi connectivity index (χ2v) is 7.66. The van der Waals surface area contributed by atoms with E-state index in [1.165, 1.54) is 0 Å². The van der Waals surface area contributed by atoms with Gasteiger partial charge in [-0.1, -0.05) is 11.6 Å². The number of amides is 2. The highest BCUT2D eigenvalue weighted by atomic mass is 35.5. The summed E-state index contributed by atoms with van der Waals surface area (Å²) in [7, 11) is 3.56. The van der Waals surface area contributed by atoms with Crippen molar-refractivity contribution < 1.29 is 19.2 Å². The molecule has 0 saturated heterocycles. The lowest BCUT2D eigenvalue weighted by Gasteiger charge is -2.23. The molecule has 0 radical (unpaired) electrons. The van der Waals surface area contributed by atoms with E-state index in [0.717, 1.165) is 4.90 Å². The molecule has 2 amide bonds. The molecule has 2 N–H and O–H groups in total. The lowest BCUT2D eigenvalue weighted by atomic mass is 10.1. The van der Waals surface area contributed by atoms with Crippen molar-refractivity contribution in [2.24, 2.45) is 0 Å². The standard InChI is InChI=1S/C18H28ClN3O3/c1-18(2,3)20-16(23)12-21(4)13-17(24)22(5)10-11-25-15-8-6-14(19)7-9-15/h6-9H,10-13H2,1-5H3,(H,20,23)/p+1. The van der Waals surface area contributed by atoms with Gasteiger partial charge in [-0.05, 0) is 45.0 Å². The molecule has 140 valence electrons. The molecule has 0 aliphatic carbocycles. The number of carbonyl (C=O) groups is 2. The van der Waals surface area contributed by atoms with Crippen molar-refractivity contribution in [2.75, 3.05) is 40.3 Å². The summed E-state index contributed by atoms with van der Waals surface area (Å²) in [4.78, 5) is 26.6. The van der Waals surface area contributed by atoms with Crippen molar-refractivity contribution in [3.63, 3.8) is 0 Å². The molecule has 0 aromatic heterocycles. The van der Waals surface area contributed by atoms with Gasteiger partial charge in [0, 0.05) is 17.6 Å². The van der Waals surface area contributed by atoms with Gasteiger partial charge in [0.05, 0.1) is 13.6 Å². The molecule has 0 saturated carbocycles. The Hall–Kier alpha value is -1.79. The summed E-state index contributed by atoms with van der Waals surface area (Å²) in [6.45, 7) is 7.18. The number of benzene rings is 1. The molecule has 25 heavy (non-hydrogen) atoms. The van der Waals surface area contributed by atoms with Crippen molar-refractivity contribution in [2.45, 2.75) is 26.3 Å². The highest BCUT2D eigenvalue weighted by molar-refractivity contribution is 6.30. The minimum atomic E-state index is -0.267. The first-order valence-electron chi connectivity index (χ1n) is 8.31. The van der Waals surface area contributed by atoms with Crippen LogP contribution < -0.4 is 15.0 Å². The zero-order valence-electron chi connectivity index (χ0n) is 15.7. The largest absolute Gasteiger partial charge is 0.492 e. The minimum Gasteiger partial charge on any atom is -0.492 e. The van der Waals surface area contributed by atoms with Crippen LogP contribution in [0.5, 0.6) is 5.75 Å². The lowest BCUT2D eigenvalue weighted by Crippen LogP contribution is -3.11. The molecule has 1 aromatic rings. The van der Waals surface area contributed by atoms with E-state index < -0.39 is 0 Å². The highest BCUT2D eigenvalue weighted by Crippen LogP contribution is 2.15. The summed E-state index contributed by atoms with van der Waals surface area (Å²) in [5, 5.41) is 3.55. The van der Waals surface area contributed by atoms with E-state index in [-0.39, 0.29) is 30.4 Å². The zero-order chi connectivity index (χ0) is 19.0. The number of rotatable bonds is 8. The number of likely N-dealkylation sites (N-methyl/N-ethyl adjacent to an activating group) is 2. The fourth-order valence-electron chi connectivity index (χ4n) is 2.15. The average molecular weight is 371 g/mol. The monoisotopic (exact) mass is 370 g/mol. The molecule has 1 aromatic carbocycles. The summed E-state index contributed by atoms with van der Waals surface area (Å²) >= 11 is 5.82. The average Bonchev–Trinajstić information content (AvgIpc) is 2.46. The molecule has 0 aliphatic heterocycles. The van der Waals surface area contributed by atoms with Crippen LogP contribution in [0.15, 0.2) is 24.3 Å². The smallest absolute Gasteiger partial charge is 0.277 e. The van der Waals surface area contributed by atoms with E-state index in [0.29, 0.717) is 23.9 Å². The number of hydrogen-bond donors (Lipinski definition) is 2. The summed E-state index contributed by atoms with van der Waals surface area (Å²) < 4.78 is 5.58. The van der Waals surface area contributed by atoms with E-state index in [1.54, 1.807) is 36.2 Å². The van der Waals surface area contributed by atoms with Gasteiger partial charge < -0.3 is 19.9 Å². The Morgan fingerprint density at radius 3 is 2.36 bits per heavy atom. The van der Waals surface area contributed by atoms with Crippen LogP contribution in [0.1, 0.15) is 20.8 Å². The second kappa shape index (κ2) is 9.63. The maximum absolute atomic E-state index is 12.2. The second-order valence-electron chi connectivity index (χ2n) is 7.23. The number of carbonyl (C=O) groups excluding carboxylic acids is 2. The minimum absolute atomic E-state index is 0.0271. The quantitative estimate of drug-likeness (QED) is 0.704. The SMILES string of the molecule is CN(CCOc1ccc(Cl)cc1)C(=O)C[NH+](C)CC(=O)NC(C)(C)C. The first-order chi connectivity index (χ1) is 11.6. The molecular formula is C18H29ClN3O3+. The molecule has 0 bridgehead atoms. The third-order valence-electron chi connectivity index (χ3n) is 3.36. The Morgan fingerprint density at radius 1 is 1.20 bits per heavy atom. The van der Waals surface area contributed by atoms with Gasteiger partial charge in [-0.15, -0.1) is 0 Å². The van der Waals surface area contributed by atoms with E-state index in [9.17, 15) is 9.59 Å². The maximum Gasteiger partial charge on any atom is 0.277 e. The number of halogens is 1. The highest BCUT2D eigenvalue weighted by Gasteiger charge is 2.20. The molecule has 0 spiro atoms. The fourth-order valence-corrected chi connectivity index (χ4v) is 2.27. The molecule has 1 unspecified atom stereocenters. The predicted octanol–water partition coefficient (Wildman–Crippen LogP) is 0.607. The first kappa shape index (κ1) is 21.3. The number of quaternary nitrogens is 1. The van der Waals surface area contributed by atoms with Crippen LogP contribution >= 0.6 is 11.6 Å². The molecule has 1 atom stereocenters. The Balaban J connectivity index is 2.30. The summed E-state index contributed by atoms with van der Waals surface area (Å²) in [6.07, 6.45) is 0. The molecule has 0 aliphatic rings.